The first kappa shape index (κ1) is 13.2. The lowest BCUT2D eigenvalue weighted by Gasteiger charge is -2.16. The Morgan fingerprint density at radius 2 is 2.25 bits per heavy atom. The number of ether oxygens (including phenoxy) is 2. The molecule has 4 nitrogen and oxygen atoms in total. The van der Waals surface area contributed by atoms with Crippen molar-refractivity contribution in [1.82, 2.24) is 0 Å². The molecule has 0 aromatic heterocycles. The van der Waals surface area contributed by atoms with Crippen molar-refractivity contribution in [3.8, 4) is 0 Å². The number of hydrogen-bond donors (Lipinski definition) is 2. The Morgan fingerprint density at radius 1 is 1.44 bits per heavy atom. The van der Waals surface area contributed by atoms with E-state index in [-0.39, 0.29) is 6.42 Å². The third kappa shape index (κ3) is 5.30. The Bertz CT molecular complexity index is 245. The highest BCUT2D eigenvalue weighted by Crippen LogP contribution is 2.20. The van der Waals surface area contributed by atoms with Crippen LogP contribution in [0.2, 0.25) is 0 Å². The molecule has 0 aromatic carbocycles. The van der Waals surface area contributed by atoms with Crippen LogP contribution in [0.3, 0.4) is 0 Å². The molecule has 0 aromatic rings. The van der Waals surface area contributed by atoms with E-state index >= 15 is 0 Å². The van der Waals surface area contributed by atoms with Gasteiger partial charge in [0, 0.05) is 20.1 Å². The lowest BCUT2D eigenvalue weighted by atomic mass is 9.97. The molecule has 1 aliphatic carbocycles. The average Bonchev–Trinajstić information content (AvgIpc) is 2.27. The van der Waals surface area contributed by atoms with Crippen LogP contribution in [0.4, 0.5) is 0 Å². The summed E-state index contributed by atoms with van der Waals surface area (Å²) >= 11 is 0. The number of allylic oxidation sites excluding steroid dienone is 3. The van der Waals surface area contributed by atoms with E-state index in [0.29, 0.717) is 12.5 Å². The molecule has 92 valence electrons. The molecule has 0 fully saturated rings. The standard InChI is InChI=1S/C12H20O4/c1-15-8-6-10-2-4-11(5-3-10)16-9-7-12(13)14/h2,4-5,10,12-14H,3,6-9H2,1H3. The van der Waals surface area contributed by atoms with Crippen LogP contribution in [-0.4, -0.2) is 36.8 Å². The Labute approximate surface area is 96.2 Å². The number of aliphatic hydroxyl groups is 2. The van der Waals surface area contributed by atoms with Crippen molar-refractivity contribution in [2.24, 2.45) is 5.92 Å². The summed E-state index contributed by atoms with van der Waals surface area (Å²) in [5, 5.41) is 17.3. The van der Waals surface area contributed by atoms with Crippen LogP contribution < -0.4 is 0 Å². The van der Waals surface area contributed by atoms with E-state index in [0.717, 1.165) is 25.2 Å². The molecule has 2 N–H and O–H groups in total. The molecular formula is C12H20O4. The van der Waals surface area contributed by atoms with Crippen molar-refractivity contribution in [3.05, 3.63) is 24.0 Å². The van der Waals surface area contributed by atoms with Gasteiger partial charge in [-0.25, -0.2) is 0 Å². The minimum absolute atomic E-state index is 0.234. The van der Waals surface area contributed by atoms with Gasteiger partial charge in [-0.15, -0.1) is 0 Å². The molecular weight excluding hydrogens is 208 g/mol. The van der Waals surface area contributed by atoms with E-state index in [9.17, 15) is 0 Å². The van der Waals surface area contributed by atoms with Gasteiger partial charge in [-0.3, -0.25) is 0 Å². The lowest BCUT2D eigenvalue weighted by Crippen LogP contribution is -2.09. The number of rotatable bonds is 7. The summed E-state index contributed by atoms with van der Waals surface area (Å²) in [5.74, 6) is 1.34. The van der Waals surface area contributed by atoms with E-state index in [1.807, 2.05) is 12.2 Å². The molecule has 0 amide bonds. The van der Waals surface area contributed by atoms with Crippen LogP contribution in [-0.2, 0) is 9.47 Å². The summed E-state index contributed by atoms with van der Waals surface area (Å²) < 4.78 is 10.4. The Morgan fingerprint density at radius 3 is 2.81 bits per heavy atom. The first-order chi connectivity index (χ1) is 7.72. The van der Waals surface area contributed by atoms with E-state index in [1.165, 1.54) is 0 Å². The van der Waals surface area contributed by atoms with E-state index in [1.54, 1.807) is 7.11 Å². The van der Waals surface area contributed by atoms with Gasteiger partial charge >= 0.3 is 0 Å². The second-order valence-electron chi connectivity index (χ2n) is 3.86. The molecule has 1 aliphatic rings. The zero-order chi connectivity index (χ0) is 11.8. The molecule has 0 saturated heterocycles. The van der Waals surface area contributed by atoms with Gasteiger partial charge < -0.3 is 19.7 Å². The van der Waals surface area contributed by atoms with Crippen LogP contribution in [0, 0.1) is 5.92 Å². The fourth-order valence-electron chi connectivity index (χ4n) is 1.52. The number of aliphatic hydroxyl groups excluding tert-OH is 1. The van der Waals surface area contributed by atoms with Gasteiger partial charge in [-0.1, -0.05) is 6.08 Å². The summed E-state index contributed by atoms with van der Waals surface area (Å²) in [6, 6.07) is 0. The maximum absolute atomic E-state index is 8.65. The van der Waals surface area contributed by atoms with Crippen molar-refractivity contribution in [2.45, 2.75) is 25.6 Å². The van der Waals surface area contributed by atoms with Gasteiger partial charge in [-0.2, -0.15) is 0 Å². The van der Waals surface area contributed by atoms with Crippen LogP contribution >= 0.6 is 0 Å². The summed E-state index contributed by atoms with van der Waals surface area (Å²) in [6.45, 7) is 1.10. The predicted molar refractivity (Wildman–Crippen MR) is 60.6 cm³/mol. The molecule has 0 aliphatic heterocycles. The first-order valence-corrected chi connectivity index (χ1v) is 5.58. The molecule has 0 heterocycles. The first-order valence-electron chi connectivity index (χ1n) is 5.58. The van der Waals surface area contributed by atoms with Crippen molar-refractivity contribution < 1.29 is 19.7 Å². The minimum atomic E-state index is -1.29. The van der Waals surface area contributed by atoms with Crippen molar-refractivity contribution in [2.75, 3.05) is 20.3 Å². The normalized spacial score (nSPS) is 20.0. The maximum atomic E-state index is 8.65. The number of methoxy groups -OCH3 is 1. The van der Waals surface area contributed by atoms with Crippen molar-refractivity contribution in [3.63, 3.8) is 0 Å². The zero-order valence-corrected chi connectivity index (χ0v) is 9.63. The Balaban J connectivity index is 2.18. The molecule has 0 radical (unpaired) electrons. The SMILES string of the molecule is COCCC1C=CC(OCCC(O)O)=CC1. The third-order valence-electron chi connectivity index (χ3n) is 2.49. The molecule has 1 atom stereocenters. The smallest absolute Gasteiger partial charge is 0.154 e. The van der Waals surface area contributed by atoms with Crippen LogP contribution in [0.15, 0.2) is 24.0 Å². The fourth-order valence-corrected chi connectivity index (χ4v) is 1.52. The molecule has 0 spiro atoms. The highest BCUT2D eigenvalue weighted by molar-refractivity contribution is 5.18. The summed E-state index contributed by atoms with van der Waals surface area (Å²) in [7, 11) is 1.71. The monoisotopic (exact) mass is 228 g/mol. The van der Waals surface area contributed by atoms with Gasteiger partial charge in [0.15, 0.2) is 6.29 Å². The topological polar surface area (TPSA) is 58.9 Å². The van der Waals surface area contributed by atoms with Crippen molar-refractivity contribution >= 4 is 0 Å². The second kappa shape index (κ2) is 7.44. The molecule has 16 heavy (non-hydrogen) atoms. The van der Waals surface area contributed by atoms with Gasteiger partial charge in [0.05, 0.1) is 6.61 Å². The quantitative estimate of drug-likeness (QED) is 0.643. The highest BCUT2D eigenvalue weighted by atomic mass is 16.5. The van der Waals surface area contributed by atoms with Gasteiger partial charge in [0.1, 0.15) is 5.76 Å². The largest absolute Gasteiger partial charge is 0.494 e. The highest BCUT2D eigenvalue weighted by Gasteiger charge is 2.09. The minimum Gasteiger partial charge on any atom is -0.494 e. The predicted octanol–water partition coefficient (Wildman–Crippen LogP) is 1.20. The molecule has 1 rings (SSSR count). The van der Waals surface area contributed by atoms with Gasteiger partial charge in [0.2, 0.25) is 0 Å². The summed E-state index contributed by atoms with van der Waals surface area (Å²) in [6.07, 6.45) is 7.01. The van der Waals surface area contributed by atoms with E-state index < -0.39 is 6.29 Å². The summed E-state index contributed by atoms with van der Waals surface area (Å²) in [4.78, 5) is 0. The lowest BCUT2D eigenvalue weighted by molar-refractivity contribution is -0.0558. The van der Waals surface area contributed by atoms with E-state index in [4.69, 9.17) is 19.7 Å². The van der Waals surface area contributed by atoms with Gasteiger partial charge in [0.25, 0.3) is 0 Å². The molecule has 0 saturated carbocycles. The Kier molecular flexibility index (Phi) is 6.15. The number of hydrogen-bond acceptors (Lipinski definition) is 4. The van der Waals surface area contributed by atoms with Crippen LogP contribution in [0.25, 0.3) is 0 Å². The second-order valence-corrected chi connectivity index (χ2v) is 3.86. The zero-order valence-electron chi connectivity index (χ0n) is 9.63. The maximum Gasteiger partial charge on any atom is 0.154 e. The van der Waals surface area contributed by atoms with Crippen LogP contribution in [0.1, 0.15) is 19.3 Å². The molecule has 4 heteroatoms. The van der Waals surface area contributed by atoms with Crippen LogP contribution in [0.5, 0.6) is 0 Å². The fraction of sp³-hybridized carbons (Fsp3) is 0.667. The summed E-state index contributed by atoms with van der Waals surface area (Å²) in [5.41, 5.74) is 0. The van der Waals surface area contributed by atoms with E-state index in [2.05, 4.69) is 6.08 Å². The van der Waals surface area contributed by atoms with Gasteiger partial charge in [-0.05, 0) is 30.9 Å². The third-order valence-corrected chi connectivity index (χ3v) is 2.49. The molecule has 0 bridgehead atoms. The Hall–Kier alpha value is -0.840. The average molecular weight is 228 g/mol. The van der Waals surface area contributed by atoms with Crippen molar-refractivity contribution in [1.29, 1.82) is 0 Å². The molecule has 1 unspecified atom stereocenters.